The summed E-state index contributed by atoms with van der Waals surface area (Å²) in [5.41, 5.74) is 0.618. The van der Waals surface area contributed by atoms with Gasteiger partial charge in [-0.05, 0) is 17.7 Å². The predicted octanol–water partition coefficient (Wildman–Crippen LogP) is 2.12. The van der Waals surface area contributed by atoms with Crippen molar-refractivity contribution in [2.24, 2.45) is 0 Å². The minimum atomic E-state index is -1.11. The molecule has 1 amide bonds. The third kappa shape index (κ3) is 3.46. The average molecular weight is 332 g/mol. The van der Waals surface area contributed by atoms with Crippen molar-refractivity contribution in [2.75, 3.05) is 31.1 Å². The molecule has 1 atom stereocenters. The first-order valence-electron chi connectivity index (χ1n) is 7.54. The van der Waals surface area contributed by atoms with E-state index in [9.17, 15) is 9.90 Å². The van der Waals surface area contributed by atoms with Crippen LogP contribution in [0, 0.1) is 0 Å². The smallest absolute Gasteiger partial charge is 0.256 e. The van der Waals surface area contributed by atoms with Gasteiger partial charge in [-0.2, -0.15) is 0 Å². The van der Waals surface area contributed by atoms with Gasteiger partial charge in [-0.3, -0.25) is 4.79 Å². The van der Waals surface area contributed by atoms with Crippen molar-refractivity contribution in [1.29, 1.82) is 0 Å². The summed E-state index contributed by atoms with van der Waals surface area (Å²) in [5, 5.41) is 10.8. The Bertz CT molecular complexity index is 673. The summed E-state index contributed by atoms with van der Waals surface area (Å²) in [4.78, 5) is 20.5. The number of halogens is 1. The molecule has 1 unspecified atom stereocenters. The Morgan fingerprint density at radius 1 is 1.09 bits per heavy atom. The van der Waals surface area contributed by atoms with Crippen molar-refractivity contribution < 1.29 is 9.90 Å². The van der Waals surface area contributed by atoms with Crippen LogP contribution in [0.1, 0.15) is 11.7 Å². The minimum absolute atomic E-state index is 0.261. The van der Waals surface area contributed by atoms with E-state index in [1.807, 2.05) is 18.2 Å². The van der Waals surface area contributed by atoms with Crippen molar-refractivity contribution in [3.8, 4) is 0 Å². The number of hydrogen-bond donors (Lipinski definition) is 1. The maximum Gasteiger partial charge on any atom is 0.256 e. The third-order valence-corrected chi connectivity index (χ3v) is 4.27. The molecule has 6 heteroatoms. The molecule has 3 rings (SSSR count). The molecule has 0 spiro atoms. The zero-order chi connectivity index (χ0) is 16.2. The molecule has 5 nitrogen and oxygen atoms in total. The van der Waals surface area contributed by atoms with Crippen LogP contribution in [0.5, 0.6) is 0 Å². The molecule has 1 saturated heterocycles. The summed E-state index contributed by atoms with van der Waals surface area (Å²) in [7, 11) is 0. The van der Waals surface area contributed by atoms with E-state index in [4.69, 9.17) is 11.6 Å². The van der Waals surface area contributed by atoms with Gasteiger partial charge in [-0.15, -0.1) is 0 Å². The molecule has 1 aliphatic heterocycles. The number of pyridine rings is 1. The highest BCUT2D eigenvalue weighted by atomic mass is 35.5. The lowest BCUT2D eigenvalue weighted by Gasteiger charge is -2.36. The molecule has 1 N–H and O–H groups in total. The van der Waals surface area contributed by atoms with Crippen molar-refractivity contribution in [3.63, 3.8) is 0 Å². The summed E-state index contributed by atoms with van der Waals surface area (Å²) in [6, 6.07) is 12.6. The number of aliphatic hydroxyl groups excluding tert-OH is 1. The summed E-state index contributed by atoms with van der Waals surface area (Å²) in [6.45, 7) is 2.36. The highest BCUT2D eigenvalue weighted by Crippen LogP contribution is 2.24. The molecule has 1 fully saturated rings. The Labute approximate surface area is 140 Å². The first-order chi connectivity index (χ1) is 11.2. The predicted molar refractivity (Wildman–Crippen MR) is 89.4 cm³/mol. The Hall–Kier alpha value is -2.11. The number of amides is 1. The molecule has 23 heavy (non-hydrogen) atoms. The van der Waals surface area contributed by atoms with Crippen molar-refractivity contribution in [1.82, 2.24) is 9.88 Å². The number of aromatic nitrogens is 1. The van der Waals surface area contributed by atoms with Crippen molar-refractivity contribution in [3.05, 3.63) is 59.2 Å². The number of carbonyl (C=O) groups excluding carboxylic acids is 1. The second kappa shape index (κ2) is 6.98. The molecule has 0 saturated carbocycles. The molecule has 1 aliphatic rings. The van der Waals surface area contributed by atoms with E-state index in [1.165, 1.54) is 0 Å². The number of aliphatic hydroxyl groups is 1. The highest BCUT2D eigenvalue weighted by molar-refractivity contribution is 6.32. The van der Waals surface area contributed by atoms with E-state index in [2.05, 4.69) is 9.88 Å². The maximum absolute atomic E-state index is 12.4. The average Bonchev–Trinajstić information content (AvgIpc) is 2.62. The second-order valence-electron chi connectivity index (χ2n) is 5.43. The number of anilines is 1. The number of rotatable bonds is 3. The zero-order valence-electron chi connectivity index (χ0n) is 12.6. The maximum atomic E-state index is 12.4. The van der Waals surface area contributed by atoms with Crippen LogP contribution in [0.15, 0.2) is 48.7 Å². The van der Waals surface area contributed by atoms with Crippen LogP contribution < -0.4 is 4.90 Å². The van der Waals surface area contributed by atoms with Crippen LogP contribution >= 0.6 is 11.6 Å². The van der Waals surface area contributed by atoms with Crippen LogP contribution in [0.3, 0.4) is 0 Å². The minimum Gasteiger partial charge on any atom is -0.378 e. The van der Waals surface area contributed by atoms with Crippen molar-refractivity contribution in [2.45, 2.75) is 6.10 Å². The second-order valence-corrected chi connectivity index (χ2v) is 5.84. The Morgan fingerprint density at radius 2 is 1.78 bits per heavy atom. The summed E-state index contributed by atoms with van der Waals surface area (Å²) in [5.74, 6) is 0.479. The Balaban J connectivity index is 1.63. The lowest BCUT2D eigenvalue weighted by Crippen LogP contribution is -2.50. The normalized spacial score (nSPS) is 16.3. The van der Waals surface area contributed by atoms with Gasteiger partial charge in [0, 0.05) is 32.4 Å². The molecular formula is C17H18ClN3O2. The van der Waals surface area contributed by atoms with E-state index in [0.29, 0.717) is 36.8 Å². The van der Waals surface area contributed by atoms with Crippen LogP contribution in [0.25, 0.3) is 0 Å². The van der Waals surface area contributed by atoms with Crippen molar-refractivity contribution >= 4 is 23.3 Å². The van der Waals surface area contributed by atoms with Gasteiger partial charge in [-0.1, -0.05) is 41.9 Å². The van der Waals surface area contributed by atoms with Gasteiger partial charge < -0.3 is 14.9 Å². The van der Waals surface area contributed by atoms with Crippen LogP contribution in [-0.2, 0) is 4.79 Å². The molecule has 1 aromatic carbocycles. The van der Waals surface area contributed by atoms with Gasteiger partial charge in [0.2, 0.25) is 0 Å². The molecule has 0 bridgehead atoms. The molecule has 0 aliphatic carbocycles. The lowest BCUT2D eigenvalue weighted by atomic mass is 10.1. The Kier molecular flexibility index (Phi) is 4.79. The van der Waals surface area contributed by atoms with Gasteiger partial charge in [0.15, 0.2) is 6.10 Å². The fourth-order valence-corrected chi connectivity index (χ4v) is 2.94. The zero-order valence-corrected chi connectivity index (χ0v) is 13.4. The van der Waals surface area contributed by atoms with Gasteiger partial charge >= 0.3 is 0 Å². The standard InChI is InChI=1S/C17H18ClN3O2/c18-14-7-4-8-19-16(14)20-9-11-21(12-10-20)17(23)15(22)13-5-2-1-3-6-13/h1-8,15,22H,9-12H2. The highest BCUT2D eigenvalue weighted by Gasteiger charge is 2.27. The van der Waals surface area contributed by atoms with Gasteiger partial charge in [0.25, 0.3) is 5.91 Å². The van der Waals surface area contributed by atoms with Gasteiger partial charge in [0.05, 0.1) is 5.02 Å². The summed E-state index contributed by atoms with van der Waals surface area (Å²) in [6.07, 6.45) is 0.596. The van der Waals surface area contributed by atoms with Gasteiger partial charge in [0.1, 0.15) is 5.82 Å². The molecular weight excluding hydrogens is 314 g/mol. The molecule has 0 radical (unpaired) electrons. The number of nitrogens with zero attached hydrogens (tertiary/aromatic N) is 3. The number of piperazine rings is 1. The third-order valence-electron chi connectivity index (χ3n) is 3.98. The fourth-order valence-electron chi connectivity index (χ4n) is 2.70. The first kappa shape index (κ1) is 15.8. The number of benzene rings is 1. The largest absolute Gasteiger partial charge is 0.378 e. The molecule has 120 valence electrons. The summed E-state index contributed by atoms with van der Waals surface area (Å²) >= 11 is 6.16. The Morgan fingerprint density at radius 3 is 2.43 bits per heavy atom. The lowest BCUT2D eigenvalue weighted by molar-refractivity contribution is -0.140. The van der Waals surface area contributed by atoms with E-state index in [0.717, 1.165) is 5.82 Å². The van der Waals surface area contributed by atoms with Crippen LogP contribution in [0.4, 0.5) is 5.82 Å². The molecule has 2 aromatic rings. The number of hydrogen-bond acceptors (Lipinski definition) is 4. The van der Waals surface area contributed by atoms with E-state index >= 15 is 0 Å². The monoisotopic (exact) mass is 331 g/mol. The molecule has 1 aromatic heterocycles. The SMILES string of the molecule is O=C(C(O)c1ccccc1)N1CCN(c2ncccc2Cl)CC1. The van der Waals surface area contributed by atoms with E-state index in [-0.39, 0.29) is 5.91 Å². The quantitative estimate of drug-likeness (QED) is 0.936. The van der Waals surface area contributed by atoms with E-state index in [1.54, 1.807) is 35.4 Å². The fraction of sp³-hybridized carbons (Fsp3) is 0.294. The molecule has 2 heterocycles. The van der Waals surface area contributed by atoms with Crippen LogP contribution in [0.2, 0.25) is 5.02 Å². The van der Waals surface area contributed by atoms with Crippen LogP contribution in [-0.4, -0.2) is 47.1 Å². The first-order valence-corrected chi connectivity index (χ1v) is 7.92. The topological polar surface area (TPSA) is 56.7 Å². The van der Waals surface area contributed by atoms with Gasteiger partial charge in [-0.25, -0.2) is 4.98 Å². The number of carbonyl (C=O) groups is 1. The summed E-state index contributed by atoms with van der Waals surface area (Å²) < 4.78 is 0. The van der Waals surface area contributed by atoms with E-state index < -0.39 is 6.10 Å².